The summed E-state index contributed by atoms with van der Waals surface area (Å²) in [4.78, 5) is 32.3. The van der Waals surface area contributed by atoms with Crippen LogP contribution in [0.3, 0.4) is 0 Å². The van der Waals surface area contributed by atoms with Gasteiger partial charge in [0.25, 0.3) is 0 Å². The van der Waals surface area contributed by atoms with E-state index in [0.29, 0.717) is 18.8 Å². The summed E-state index contributed by atoms with van der Waals surface area (Å²) in [5.74, 6) is 1.60. The molecule has 0 unspecified atom stereocenters. The van der Waals surface area contributed by atoms with E-state index in [2.05, 4.69) is 51.1 Å². The van der Waals surface area contributed by atoms with Gasteiger partial charge in [-0.15, -0.1) is 0 Å². The number of aliphatic carboxylic acids is 1. The highest BCUT2D eigenvalue weighted by Gasteiger charge is 2.20. The Labute approximate surface area is 221 Å². The molecule has 2 aromatic carbocycles. The molecule has 3 N–H and O–H groups in total. The fraction of sp³-hybridized carbons (Fsp3) is 0.345. The van der Waals surface area contributed by atoms with Crippen molar-refractivity contribution in [2.45, 2.75) is 25.7 Å². The predicted molar refractivity (Wildman–Crippen MR) is 148 cm³/mol. The Morgan fingerprint density at radius 3 is 2.74 bits per heavy atom. The molecule has 2 aromatic heterocycles. The zero-order chi connectivity index (χ0) is 26.1. The highest BCUT2D eigenvalue weighted by molar-refractivity contribution is 5.87. The predicted octanol–water partition coefficient (Wildman–Crippen LogP) is 4.44. The van der Waals surface area contributed by atoms with E-state index < -0.39 is 5.97 Å². The number of benzene rings is 2. The molecule has 196 valence electrons. The SMILES string of the molecule is CN1CCN(c2ccc3nc(C4=Cc5nc(-c6cccc(OCCCC(=O)O)c6)[nH]c5CC4)[nH]c3c2)CC1. The molecule has 0 bridgehead atoms. The van der Waals surface area contributed by atoms with Crippen LogP contribution in [0.2, 0.25) is 0 Å². The number of carboxylic acid groups (broad SMARTS) is 1. The standard InChI is InChI=1S/C29H32N6O3/c1-34-11-13-35(14-12-34)21-8-10-24-26(18-21)33-29(31-24)20-7-9-23-25(17-20)32-28(30-23)19-4-2-5-22(16-19)38-15-3-6-27(36)37/h2,4-5,8,10,16-18H,3,6-7,9,11-15H2,1H3,(H,30,32)(H,31,33)(H,36,37). The van der Waals surface area contributed by atoms with Gasteiger partial charge in [0.2, 0.25) is 0 Å². The molecule has 1 aliphatic carbocycles. The number of aryl methyl sites for hydroxylation is 1. The second-order valence-corrected chi connectivity index (χ2v) is 10.1. The smallest absolute Gasteiger partial charge is 0.303 e. The van der Waals surface area contributed by atoms with Crippen LogP contribution in [0.4, 0.5) is 5.69 Å². The summed E-state index contributed by atoms with van der Waals surface area (Å²) in [7, 11) is 2.17. The molecule has 1 fully saturated rings. The highest BCUT2D eigenvalue weighted by Crippen LogP contribution is 2.32. The Morgan fingerprint density at radius 1 is 1.03 bits per heavy atom. The van der Waals surface area contributed by atoms with E-state index in [1.807, 2.05) is 24.3 Å². The molecule has 38 heavy (non-hydrogen) atoms. The second kappa shape index (κ2) is 10.3. The molecule has 0 radical (unpaired) electrons. The van der Waals surface area contributed by atoms with Crippen molar-refractivity contribution in [3.8, 4) is 17.1 Å². The number of rotatable bonds is 8. The average molecular weight is 513 g/mol. The van der Waals surface area contributed by atoms with E-state index in [9.17, 15) is 4.79 Å². The molecule has 0 amide bonds. The van der Waals surface area contributed by atoms with Gasteiger partial charge < -0.3 is 29.6 Å². The van der Waals surface area contributed by atoms with E-state index in [4.69, 9.17) is 19.8 Å². The first-order chi connectivity index (χ1) is 18.5. The number of likely N-dealkylation sites (N-methyl/N-ethyl adjacent to an activating group) is 1. The van der Waals surface area contributed by atoms with Gasteiger partial charge >= 0.3 is 5.97 Å². The molecule has 0 atom stereocenters. The van der Waals surface area contributed by atoms with E-state index in [1.54, 1.807) is 0 Å². The number of piperazine rings is 1. The zero-order valence-corrected chi connectivity index (χ0v) is 21.5. The number of anilines is 1. The molecule has 2 aliphatic rings. The van der Waals surface area contributed by atoms with Crippen LogP contribution in [0.1, 0.15) is 36.5 Å². The van der Waals surface area contributed by atoms with Crippen LogP contribution in [0.15, 0.2) is 42.5 Å². The number of carboxylic acids is 1. The minimum absolute atomic E-state index is 0.0991. The maximum atomic E-state index is 10.7. The number of ether oxygens (including phenoxy) is 1. The summed E-state index contributed by atoms with van der Waals surface area (Å²) in [5.41, 5.74) is 7.43. The molecule has 3 heterocycles. The summed E-state index contributed by atoms with van der Waals surface area (Å²) in [6.45, 7) is 4.61. The first-order valence-electron chi connectivity index (χ1n) is 13.2. The number of aromatic nitrogens is 4. The molecular formula is C29H32N6O3. The minimum Gasteiger partial charge on any atom is -0.494 e. The molecule has 6 rings (SSSR count). The van der Waals surface area contributed by atoms with Crippen molar-refractivity contribution in [1.82, 2.24) is 24.8 Å². The van der Waals surface area contributed by atoms with Crippen molar-refractivity contribution >= 4 is 34.3 Å². The van der Waals surface area contributed by atoms with Crippen molar-refractivity contribution in [3.05, 3.63) is 59.7 Å². The minimum atomic E-state index is -0.811. The van der Waals surface area contributed by atoms with Crippen LogP contribution in [-0.4, -0.2) is 75.7 Å². The Kier molecular flexibility index (Phi) is 6.59. The van der Waals surface area contributed by atoms with Gasteiger partial charge in [-0.1, -0.05) is 12.1 Å². The molecule has 9 heteroatoms. The Bertz CT molecular complexity index is 1500. The van der Waals surface area contributed by atoms with Crippen molar-refractivity contribution < 1.29 is 14.6 Å². The number of allylic oxidation sites excluding steroid dienone is 1. The number of nitrogens with one attached hydrogen (secondary N) is 2. The molecular weight excluding hydrogens is 480 g/mol. The van der Waals surface area contributed by atoms with Gasteiger partial charge in [0.05, 0.1) is 23.3 Å². The van der Waals surface area contributed by atoms with Gasteiger partial charge in [0.15, 0.2) is 0 Å². The Hall–Kier alpha value is -4.11. The maximum Gasteiger partial charge on any atom is 0.303 e. The van der Waals surface area contributed by atoms with Crippen LogP contribution in [0.25, 0.3) is 34.1 Å². The third kappa shape index (κ3) is 5.15. The number of imidazole rings is 2. The normalized spacial score (nSPS) is 15.9. The summed E-state index contributed by atoms with van der Waals surface area (Å²) < 4.78 is 5.74. The number of H-pyrrole nitrogens is 2. The number of nitrogens with zero attached hydrogens (tertiary/aromatic N) is 4. The van der Waals surface area contributed by atoms with Crippen LogP contribution in [-0.2, 0) is 11.2 Å². The molecule has 0 spiro atoms. The molecule has 1 aliphatic heterocycles. The van der Waals surface area contributed by atoms with Crippen molar-refractivity contribution in [3.63, 3.8) is 0 Å². The van der Waals surface area contributed by atoms with Crippen LogP contribution in [0, 0.1) is 0 Å². The van der Waals surface area contributed by atoms with Crippen molar-refractivity contribution in [2.75, 3.05) is 44.7 Å². The summed E-state index contributed by atoms with van der Waals surface area (Å²) in [5, 5.41) is 8.80. The van der Waals surface area contributed by atoms with Gasteiger partial charge in [-0.05, 0) is 68.3 Å². The highest BCUT2D eigenvalue weighted by atomic mass is 16.5. The number of fused-ring (bicyclic) bond motifs is 2. The Balaban J connectivity index is 1.19. The van der Waals surface area contributed by atoms with Gasteiger partial charge in [-0.3, -0.25) is 4.79 Å². The lowest BCUT2D eigenvalue weighted by Crippen LogP contribution is -2.44. The molecule has 4 aromatic rings. The van der Waals surface area contributed by atoms with Crippen molar-refractivity contribution in [1.29, 1.82) is 0 Å². The lowest BCUT2D eigenvalue weighted by molar-refractivity contribution is -0.137. The quantitative estimate of drug-likeness (QED) is 0.300. The topological polar surface area (TPSA) is 110 Å². The van der Waals surface area contributed by atoms with Crippen molar-refractivity contribution in [2.24, 2.45) is 0 Å². The first-order valence-corrected chi connectivity index (χ1v) is 13.2. The number of hydrogen-bond acceptors (Lipinski definition) is 6. The number of hydrogen-bond donors (Lipinski definition) is 3. The lowest BCUT2D eigenvalue weighted by Gasteiger charge is -2.34. The summed E-state index contributed by atoms with van der Waals surface area (Å²) in [6, 6.07) is 14.2. The fourth-order valence-corrected chi connectivity index (χ4v) is 5.11. The van der Waals surface area contributed by atoms with Gasteiger partial charge in [-0.2, -0.15) is 0 Å². The average Bonchev–Trinajstić information content (AvgIpc) is 3.55. The lowest BCUT2D eigenvalue weighted by atomic mass is 10.00. The van der Waals surface area contributed by atoms with Gasteiger partial charge in [0.1, 0.15) is 17.4 Å². The van der Waals surface area contributed by atoms with E-state index in [1.165, 1.54) is 5.69 Å². The van der Waals surface area contributed by atoms with E-state index in [-0.39, 0.29) is 6.42 Å². The summed E-state index contributed by atoms with van der Waals surface area (Å²) >= 11 is 0. The summed E-state index contributed by atoms with van der Waals surface area (Å²) in [6.07, 6.45) is 4.45. The largest absolute Gasteiger partial charge is 0.494 e. The van der Waals surface area contributed by atoms with Crippen LogP contribution >= 0.6 is 0 Å². The number of carbonyl (C=O) groups is 1. The fourth-order valence-electron chi connectivity index (χ4n) is 5.11. The van der Waals surface area contributed by atoms with Crippen LogP contribution < -0.4 is 9.64 Å². The van der Waals surface area contributed by atoms with E-state index >= 15 is 0 Å². The monoisotopic (exact) mass is 512 g/mol. The van der Waals surface area contributed by atoms with Crippen LogP contribution in [0.5, 0.6) is 5.75 Å². The van der Waals surface area contributed by atoms with E-state index in [0.717, 1.165) is 84.2 Å². The third-order valence-corrected chi connectivity index (χ3v) is 7.32. The Morgan fingerprint density at radius 2 is 1.89 bits per heavy atom. The molecule has 0 saturated carbocycles. The second-order valence-electron chi connectivity index (χ2n) is 10.1. The molecule has 9 nitrogen and oxygen atoms in total. The van der Waals surface area contributed by atoms with Gasteiger partial charge in [-0.25, -0.2) is 9.97 Å². The maximum absolute atomic E-state index is 10.7. The number of aromatic amines is 2. The molecule has 1 saturated heterocycles. The zero-order valence-electron chi connectivity index (χ0n) is 21.5. The third-order valence-electron chi connectivity index (χ3n) is 7.32. The first kappa shape index (κ1) is 24.2. The van der Waals surface area contributed by atoms with Gasteiger partial charge in [0, 0.05) is 49.5 Å².